The van der Waals surface area contributed by atoms with Crippen molar-refractivity contribution in [3.63, 3.8) is 0 Å². The molecule has 0 spiro atoms. The van der Waals surface area contributed by atoms with Crippen LogP contribution in [-0.4, -0.2) is 22.6 Å². The fourth-order valence-electron chi connectivity index (χ4n) is 1.46. The highest BCUT2D eigenvalue weighted by Gasteiger charge is 2.22. The van der Waals surface area contributed by atoms with E-state index in [-0.39, 0.29) is 22.1 Å². The van der Waals surface area contributed by atoms with Crippen molar-refractivity contribution in [3.8, 4) is 11.5 Å². The van der Waals surface area contributed by atoms with Crippen molar-refractivity contribution >= 4 is 31.6 Å². The van der Waals surface area contributed by atoms with Gasteiger partial charge in [0.25, 0.3) is 0 Å². The van der Waals surface area contributed by atoms with Crippen LogP contribution in [-0.2, 0) is 20.2 Å². The minimum absolute atomic E-state index is 0.0198. The van der Waals surface area contributed by atoms with Gasteiger partial charge >= 0.3 is 20.2 Å². The molecule has 6 nitrogen and oxygen atoms in total. The number of hydrogen-bond donors (Lipinski definition) is 0. The molecule has 0 saturated heterocycles. The van der Waals surface area contributed by atoms with E-state index in [4.69, 9.17) is 8.37 Å². The van der Waals surface area contributed by atoms with Crippen LogP contribution in [0.2, 0.25) is 0 Å². The van der Waals surface area contributed by atoms with Crippen LogP contribution < -0.4 is 8.37 Å². The maximum Gasteiger partial charge on any atom is 0.339 e. The smallest absolute Gasteiger partial charge is 0.339 e. The van der Waals surface area contributed by atoms with Crippen LogP contribution >= 0.6 is 11.3 Å². The molecule has 0 radical (unpaired) electrons. The molecule has 120 valence electrons. The van der Waals surface area contributed by atoms with Crippen molar-refractivity contribution < 1.29 is 25.2 Å². The molecule has 0 aliphatic carbocycles. The maximum absolute atomic E-state index is 12.2. The van der Waals surface area contributed by atoms with Crippen molar-refractivity contribution in [2.75, 3.05) is 5.75 Å². The topological polar surface area (TPSA) is 86.7 Å². The molecule has 1 aromatic heterocycles. The van der Waals surface area contributed by atoms with Crippen LogP contribution in [0.1, 0.15) is 12.5 Å². The van der Waals surface area contributed by atoms with Gasteiger partial charge in [-0.2, -0.15) is 16.8 Å². The Morgan fingerprint density at radius 2 is 1.50 bits per heavy atom. The van der Waals surface area contributed by atoms with Crippen LogP contribution in [0.3, 0.4) is 0 Å². The Labute approximate surface area is 133 Å². The minimum atomic E-state index is -4.05. The van der Waals surface area contributed by atoms with E-state index in [1.807, 2.05) is 6.92 Å². The average molecular weight is 362 g/mol. The highest BCUT2D eigenvalue weighted by atomic mass is 32.2. The molecule has 9 heteroatoms. The predicted molar refractivity (Wildman–Crippen MR) is 83.4 cm³/mol. The zero-order valence-corrected chi connectivity index (χ0v) is 14.3. The Hall–Kier alpha value is -1.58. The highest BCUT2D eigenvalue weighted by molar-refractivity contribution is 7.87. The van der Waals surface area contributed by atoms with Crippen molar-refractivity contribution in [2.45, 2.75) is 18.7 Å². The third-order valence-electron chi connectivity index (χ3n) is 2.67. The quantitative estimate of drug-likeness (QED) is 0.734. The van der Waals surface area contributed by atoms with Gasteiger partial charge in [0.1, 0.15) is 4.90 Å². The van der Waals surface area contributed by atoms with Crippen molar-refractivity contribution in [1.29, 1.82) is 0 Å². The fraction of sp³-hybridized carbons (Fsp3) is 0.231. The third kappa shape index (κ3) is 3.99. The molecule has 0 aliphatic rings. The highest BCUT2D eigenvalue weighted by Crippen LogP contribution is 2.34. The van der Waals surface area contributed by atoms with Gasteiger partial charge in [-0.1, -0.05) is 17.7 Å². The summed E-state index contributed by atoms with van der Waals surface area (Å²) < 4.78 is 57.1. The van der Waals surface area contributed by atoms with Crippen molar-refractivity contribution in [2.24, 2.45) is 0 Å². The van der Waals surface area contributed by atoms with E-state index in [0.29, 0.717) is 0 Å². The zero-order chi connectivity index (χ0) is 16.4. The van der Waals surface area contributed by atoms with Crippen LogP contribution in [0.15, 0.2) is 39.9 Å². The largest absolute Gasteiger partial charge is 0.377 e. The monoisotopic (exact) mass is 362 g/mol. The Morgan fingerprint density at radius 1 is 0.955 bits per heavy atom. The Morgan fingerprint density at radius 3 is 2.05 bits per heavy atom. The molecule has 0 N–H and O–H groups in total. The van der Waals surface area contributed by atoms with Crippen molar-refractivity contribution in [3.05, 3.63) is 40.6 Å². The molecule has 1 aromatic carbocycles. The normalized spacial score (nSPS) is 12.1. The SMILES string of the molecule is CCS(=O)(=O)Oc1cscc1OS(=O)(=O)c1ccc(C)cc1. The van der Waals surface area contributed by atoms with E-state index >= 15 is 0 Å². The molecule has 0 unspecified atom stereocenters. The first-order valence-corrected chi connectivity index (χ1v) is 10.2. The second-order valence-corrected chi connectivity index (χ2v) is 8.53. The van der Waals surface area contributed by atoms with Gasteiger partial charge in [0.15, 0.2) is 11.5 Å². The Balaban J connectivity index is 2.28. The van der Waals surface area contributed by atoms with Gasteiger partial charge in [-0.05, 0) is 26.0 Å². The molecule has 0 bridgehead atoms. The molecule has 0 atom stereocenters. The number of aryl methyl sites for hydroxylation is 1. The number of hydrogen-bond acceptors (Lipinski definition) is 7. The number of rotatable bonds is 6. The summed E-state index contributed by atoms with van der Waals surface area (Å²) in [6.07, 6.45) is 0. The zero-order valence-electron chi connectivity index (χ0n) is 11.8. The van der Waals surface area contributed by atoms with E-state index in [9.17, 15) is 16.8 Å². The van der Waals surface area contributed by atoms with E-state index in [1.165, 1.54) is 29.8 Å². The lowest BCUT2D eigenvalue weighted by molar-refractivity contribution is 0.452. The molecule has 2 aromatic rings. The minimum Gasteiger partial charge on any atom is -0.377 e. The lowest BCUT2D eigenvalue weighted by atomic mass is 10.2. The first-order chi connectivity index (χ1) is 10.2. The standard InChI is InChI=1S/C13H14O6S3/c1-3-21(14,15)18-12-8-20-9-13(12)19-22(16,17)11-6-4-10(2)5-7-11/h4-9H,3H2,1-2H3. The number of thiophene rings is 1. The Kier molecular flexibility index (Phi) is 4.78. The first-order valence-electron chi connectivity index (χ1n) is 6.23. The Bertz CT molecular complexity index is 847. The van der Waals surface area contributed by atoms with Gasteiger partial charge in [0.2, 0.25) is 0 Å². The van der Waals surface area contributed by atoms with E-state index < -0.39 is 20.2 Å². The van der Waals surface area contributed by atoms with Crippen LogP contribution in [0, 0.1) is 6.92 Å². The molecular weight excluding hydrogens is 348 g/mol. The van der Waals surface area contributed by atoms with Gasteiger partial charge in [0.05, 0.1) is 5.75 Å². The summed E-state index contributed by atoms with van der Waals surface area (Å²) >= 11 is 1.08. The summed E-state index contributed by atoms with van der Waals surface area (Å²) in [4.78, 5) is -0.0198. The van der Waals surface area contributed by atoms with Crippen molar-refractivity contribution in [1.82, 2.24) is 0 Å². The molecular formula is C13H14O6S3. The second kappa shape index (κ2) is 6.27. The van der Waals surface area contributed by atoms with E-state index in [1.54, 1.807) is 12.1 Å². The molecule has 0 saturated carbocycles. The summed E-state index contributed by atoms with van der Waals surface area (Å²) in [5.74, 6) is -0.516. The summed E-state index contributed by atoms with van der Waals surface area (Å²) in [7, 11) is -7.81. The predicted octanol–water partition coefficient (Wildman–Crippen LogP) is 2.55. The van der Waals surface area contributed by atoms with Gasteiger partial charge in [-0.25, -0.2) is 0 Å². The van der Waals surface area contributed by atoms with Gasteiger partial charge in [0, 0.05) is 10.8 Å². The lowest BCUT2D eigenvalue weighted by Gasteiger charge is -2.08. The molecule has 22 heavy (non-hydrogen) atoms. The first kappa shape index (κ1) is 16.8. The summed E-state index contributed by atoms with van der Waals surface area (Å²) in [5.41, 5.74) is 0.910. The van der Waals surface area contributed by atoms with Crippen LogP contribution in [0.5, 0.6) is 11.5 Å². The third-order valence-corrected chi connectivity index (χ3v) is 5.76. The summed E-state index contributed by atoms with van der Waals surface area (Å²) in [5, 5.41) is 2.74. The van der Waals surface area contributed by atoms with E-state index in [2.05, 4.69) is 0 Å². The summed E-state index contributed by atoms with van der Waals surface area (Å²) in [6.45, 7) is 3.25. The molecule has 0 aliphatic heterocycles. The van der Waals surface area contributed by atoms with Gasteiger partial charge in [-0.3, -0.25) is 0 Å². The van der Waals surface area contributed by atoms with E-state index in [0.717, 1.165) is 16.9 Å². The van der Waals surface area contributed by atoms with Crippen LogP contribution in [0.25, 0.3) is 0 Å². The lowest BCUT2D eigenvalue weighted by Crippen LogP contribution is -2.13. The summed E-state index contributed by atoms with van der Waals surface area (Å²) in [6, 6.07) is 6.12. The second-order valence-electron chi connectivity index (χ2n) is 4.38. The fourth-order valence-corrected chi connectivity index (χ4v) is 3.68. The van der Waals surface area contributed by atoms with Gasteiger partial charge < -0.3 is 8.37 Å². The molecule has 1 heterocycles. The molecule has 0 fully saturated rings. The van der Waals surface area contributed by atoms with Crippen LogP contribution in [0.4, 0.5) is 0 Å². The van der Waals surface area contributed by atoms with Gasteiger partial charge in [-0.15, -0.1) is 11.3 Å². The number of benzene rings is 1. The maximum atomic E-state index is 12.2. The molecule has 2 rings (SSSR count). The average Bonchev–Trinajstić information content (AvgIpc) is 2.85. The molecule has 0 amide bonds.